The molecule has 8 heavy (non-hydrogen) atoms. The molecule has 5 heteroatoms. The second kappa shape index (κ2) is 1.68. The Labute approximate surface area is 54.9 Å². The summed E-state index contributed by atoms with van der Waals surface area (Å²) in [4.78, 5) is 1.19. The first-order valence-corrected chi connectivity index (χ1v) is 3.72. The first kappa shape index (κ1) is 4.72. The Hall–Kier alpha value is -0.130. The summed E-state index contributed by atoms with van der Waals surface area (Å²) in [6.45, 7) is 0. The zero-order chi connectivity index (χ0) is 5.40. The number of aromatic amines is 1. The van der Waals surface area contributed by atoms with Crippen LogP contribution in [0.5, 0.6) is 0 Å². The lowest BCUT2D eigenvalue weighted by atomic mass is 10.7. The molecule has 0 bridgehead atoms. The second-order valence-corrected chi connectivity index (χ2v) is 3.27. The van der Waals surface area contributed by atoms with Crippen molar-refractivity contribution in [1.82, 2.24) is 14.3 Å². The van der Waals surface area contributed by atoms with Crippen molar-refractivity contribution in [3.63, 3.8) is 0 Å². The van der Waals surface area contributed by atoms with Crippen LogP contribution in [0.2, 0.25) is 0 Å². The molecule has 0 spiro atoms. The molecule has 1 aromatic heterocycles. The number of nitrogens with zero attached hydrogens (tertiary/aromatic N) is 1. The largest absolute Gasteiger partial charge is 0.269 e. The molecule has 1 aromatic rings. The molecule has 0 fully saturated rings. The maximum Gasteiger partial charge on any atom is 0.121 e. The van der Waals surface area contributed by atoms with E-state index in [4.69, 9.17) is 0 Å². The third kappa shape index (κ3) is 0.553. The Morgan fingerprint density at radius 2 is 2.50 bits per heavy atom. The lowest BCUT2D eigenvalue weighted by Gasteiger charge is -1.80. The maximum absolute atomic E-state index is 3.84. The van der Waals surface area contributed by atoms with Gasteiger partial charge in [0.05, 0.1) is 11.1 Å². The van der Waals surface area contributed by atoms with Crippen molar-refractivity contribution >= 4 is 23.9 Å². The fourth-order valence-corrected chi connectivity index (χ4v) is 2.12. The molecule has 2 rings (SSSR count). The molecule has 0 unspecified atom stereocenters. The average Bonchev–Trinajstić information content (AvgIpc) is 2.15. The Kier molecular flexibility index (Phi) is 0.991. The molecule has 0 radical (unpaired) electrons. The van der Waals surface area contributed by atoms with Crippen molar-refractivity contribution in [3.8, 4) is 0 Å². The van der Waals surface area contributed by atoms with Crippen LogP contribution in [0.3, 0.4) is 0 Å². The van der Waals surface area contributed by atoms with E-state index < -0.39 is 0 Å². The summed E-state index contributed by atoms with van der Waals surface area (Å²) in [5.74, 6) is 0. The van der Waals surface area contributed by atoms with Gasteiger partial charge in [0.1, 0.15) is 5.03 Å². The third-order valence-corrected chi connectivity index (χ3v) is 2.71. The van der Waals surface area contributed by atoms with Crippen LogP contribution in [-0.2, 0) is 0 Å². The third-order valence-electron chi connectivity index (χ3n) is 0.867. The highest BCUT2D eigenvalue weighted by molar-refractivity contribution is 8.15. The van der Waals surface area contributed by atoms with Crippen LogP contribution in [0.15, 0.2) is 16.1 Å². The molecule has 3 nitrogen and oxygen atoms in total. The molecule has 1 aliphatic rings. The maximum atomic E-state index is 3.84. The van der Waals surface area contributed by atoms with E-state index in [1.165, 1.54) is 4.90 Å². The summed E-state index contributed by atoms with van der Waals surface area (Å²) >= 11 is 3.16. The van der Waals surface area contributed by atoms with Crippen molar-refractivity contribution < 1.29 is 0 Å². The predicted octanol–water partition coefficient (Wildman–Crippen LogP) is 1.03. The van der Waals surface area contributed by atoms with E-state index in [9.17, 15) is 0 Å². The predicted molar refractivity (Wildman–Crippen MR) is 33.4 cm³/mol. The highest BCUT2D eigenvalue weighted by atomic mass is 32.2. The lowest BCUT2D eigenvalue weighted by Crippen LogP contribution is -1.77. The number of fused-ring (bicyclic) bond motifs is 1. The van der Waals surface area contributed by atoms with Gasteiger partial charge in [-0.25, -0.2) is 0 Å². The number of H-pyrrole nitrogens is 1. The van der Waals surface area contributed by atoms with E-state index in [0.29, 0.717) is 0 Å². The molecule has 2 heterocycles. The van der Waals surface area contributed by atoms with Crippen LogP contribution < -0.4 is 4.13 Å². The summed E-state index contributed by atoms with van der Waals surface area (Å²) in [5.41, 5.74) is 0. The molecule has 2 N–H and O–H groups in total. The normalized spacial score (nSPS) is 16.5. The summed E-state index contributed by atoms with van der Waals surface area (Å²) in [6, 6.07) is 0. The van der Waals surface area contributed by atoms with E-state index in [2.05, 4.69) is 14.3 Å². The minimum absolute atomic E-state index is 1.12. The number of hydrogen-bond donors (Lipinski definition) is 2. The highest BCUT2D eigenvalue weighted by Crippen LogP contribution is 2.34. The van der Waals surface area contributed by atoms with E-state index in [1.54, 1.807) is 23.9 Å². The second-order valence-electron chi connectivity index (χ2n) is 1.35. The number of nitrogens with one attached hydrogen (secondary N) is 2. The van der Waals surface area contributed by atoms with Gasteiger partial charge >= 0.3 is 0 Å². The summed E-state index contributed by atoms with van der Waals surface area (Å²) < 4.78 is 3.03. The Morgan fingerprint density at radius 3 is 3.38 bits per heavy atom. The molecular weight excluding hydrogens is 142 g/mol. The van der Waals surface area contributed by atoms with Crippen molar-refractivity contribution in [2.75, 3.05) is 0 Å². The van der Waals surface area contributed by atoms with Crippen molar-refractivity contribution in [2.45, 2.75) is 9.92 Å². The summed E-state index contributed by atoms with van der Waals surface area (Å²) in [7, 11) is 0. The summed E-state index contributed by atoms with van der Waals surface area (Å²) in [6.07, 6.45) is 1.81. The molecule has 1 aliphatic heterocycles. The zero-order valence-electron chi connectivity index (χ0n) is 3.84. The van der Waals surface area contributed by atoms with E-state index in [-0.39, 0.29) is 0 Å². The fraction of sp³-hybridized carbons (Fsp3) is 0. The first-order valence-electron chi connectivity index (χ1n) is 2.09. The number of aromatic nitrogens is 2. The van der Waals surface area contributed by atoms with E-state index in [1.807, 2.05) is 6.20 Å². The van der Waals surface area contributed by atoms with Gasteiger partial charge in [-0.05, 0) is 23.9 Å². The van der Waals surface area contributed by atoms with Crippen LogP contribution in [0.4, 0.5) is 0 Å². The molecule has 0 saturated carbocycles. The van der Waals surface area contributed by atoms with Crippen LogP contribution in [0.25, 0.3) is 0 Å². The van der Waals surface area contributed by atoms with Gasteiger partial charge in [-0.3, -0.25) is 5.10 Å². The molecule has 0 aliphatic carbocycles. The molecular formula is C3H3N3S2. The summed E-state index contributed by atoms with van der Waals surface area (Å²) in [5, 5.41) is 7.80. The van der Waals surface area contributed by atoms with Crippen molar-refractivity contribution in [3.05, 3.63) is 6.20 Å². The quantitative estimate of drug-likeness (QED) is 0.535. The van der Waals surface area contributed by atoms with Gasteiger partial charge in [-0.2, -0.15) is 9.23 Å². The number of rotatable bonds is 0. The Morgan fingerprint density at radius 1 is 1.50 bits per heavy atom. The smallest absolute Gasteiger partial charge is 0.121 e. The van der Waals surface area contributed by atoms with Gasteiger partial charge in [0.25, 0.3) is 0 Å². The molecule has 0 atom stereocenters. The van der Waals surface area contributed by atoms with Crippen LogP contribution >= 0.6 is 23.9 Å². The van der Waals surface area contributed by atoms with Gasteiger partial charge in [0.15, 0.2) is 0 Å². The minimum atomic E-state index is 1.12. The standard InChI is InChI=1S/C3H3N3S2/c1-2-3(5-4-1)8-6-7-2/h1,6H,(H,4,5). The Balaban J connectivity index is 2.54. The van der Waals surface area contributed by atoms with Gasteiger partial charge in [0, 0.05) is 0 Å². The Bertz CT molecular complexity index is 178. The average molecular weight is 145 g/mol. The zero-order valence-corrected chi connectivity index (χ0v) is 5.47. The van der Waals surface area contributed by atoms with Gasteiger partial charge in [0.2, 0.25) is 0 Å². The van der Waals surface area contributed by atoms with Gasteiger partial charge in [-0.1, -0.05) is 0 Å². The molecule has 42 valence electrons. The van der Waals surface area contributed by atoms with Crippen molar-refractivity contribution in [1.29, 1.82) is 0 Å². The molecule has 0 aromatic carbocycles. The monoisotopic (exact) mass is 145 g/mol. The molecule has 0 saturated heterocycles. The highest BCUT2D eigenvalue weighted by Gasteiger charge is 2.12. The van der Waals surface area contributed by atoms with Crippen LogP contribution in [0, 0.1) is 0 Å². The van der Waals surface area contributed by atoms with E-state index in [0.717, 1.165) is 5.03 Å². The first-order chi connectivity index (χ1) is 3.97. The van der Waals surface area contributed by atoms with E-state index >= 15 is 0 Å². The van der Waals surface area contributed by atoms with Crippen LogP contribution in [-0.4, -0.2) is 10.2 Å². The SMILES string of the molecule is c1n[nH]c2c1SNS2. The minimum Gasteiger partial charge on any atom is -0.269 e. The number of hydrogen-bond acceptors (Lipinski definition) is 4. The lowest BCUT2D eigenvalue weighted by molar-refractivity contribution is 0.994. The van der Waals surface area contributed by atoms with Gasteiger partial charge in [-0.15, -0.1) is 0 Å². The fourth-order valence-electron chi connectivity index (χ4n) is 0.516. The van der Waals surface area contributed by atoms with Gasteiger partial charge < -0.3 is 0 Å². The van der Waals surface area contributed by atoms with Crippen LogP contribution in [0.1, 0.15) is 0 Å². The van der Waals surface area contributed by atoms with Crippen molar-refractivity contribution in [2.24, 2.45) is 0 Å². The topological polar surface area (TPSA) is 40.7 Å². The molecule has 0 amide bonds.